The normalized spacial score (nSPS) is 10.6. The molecule has 0 radical (unpaired) electrons. The fourth-order valence-corrected chi connectivity index (χ4v) is 3.37. The number of benzene rings is 2. The first kappa shape index (κ1) is 16.2. The van der Waals surface area contributed by atoms with Crippen LogP contribution in [0.3, 0.4) is 0 Å². The molecule has 1 heterocycles. The number of aromatic hydroxyl groups is 1. The number of phenolic OH excluding ortho intramolecular Hbond substituents is 1. The average molecular weight is 339 g/mol. The zero-order chi connectivity index (χ0) is 17.1. The summed E-state index contributed by atoms with van der Waals surface area (Å²) in [7, 11) is 0. The van der Waals surface area contributed by atoms with Crippen LogP contribution in [-0.2, 0) is 11.3 Å². The second-order valence-corrected chi connectivity index (χ2v) is 6.52. The number of nitrogens with zero attached hydrogens (tertiary/aromatic N) is 1. The van der Waals surface area contributed by atoms with Crippen molar-refractivity contribution < 1.29 is 14.6 Å². The Balaban J connectivity index is 1.76. The smallest absolute Gasteiger partial charge is 0.342 e. The van der Waals surface area contributed by atoms with Gasteiger partial charge in [0.2, 0.25) is 0 Å². The molecule has 1 N–H and O–H groups in total. The lowest BCUT2D eigenvalue weighted by Crippen LogP contribution is -2.07. The van der Waals surface area contributed by atoms with E-state index in [-0.39, 0.29) is 17.9 Å². The van der Waals surface area contributed by atoms with E-state index in [4.69, 9.17) is 4.74 Å². The molecule has 5 heteroatoms. The van der Waals surface area contributed by atoms with Crippen molar-refractivity contribution in [1.29, 1.82) is 0 Å². The summed E-state index contributed by atoms with van der Waals surface area (Å²) < 4.78 is 5.38. The van der Waals surface area contributed by atoms with Gasteiger partial charge in [0.15, 0.2) is 0 Å². The molecule has 3 rings (SSSR count). The predicted molar refractivity (Wildman–Crippen MR) is 94.3 cm³/mol. The molecule has 0 spiro atoms. The Kier molecular flexibility index (Phi) is 4.62. The van der Waals surface area contributed by atoms with Crippen molar-refractivity contribution >= 4 is 17.3 Å². The number of carbonyl (C=O) groups excluding carboxylic acids is 1. The Morgan fingerprint density at radius 3 is 2.58 bits per heavy atom. The number of carbonyl (C=O) groups is 1. The SMILES string of the molecule is Cc1cccc(O)c1C(=O)OCc1sc(-c2ccccc2)nc1C. The van der Waals surface area contributed by atoms with Gasteiger partial charge in [-0.15, -0.1) is 11.3 Å². The number of phenols is 1. The van der Waals surface area contributed by atoms with Crippen LogP contribution in [0.15, 0.2) is 48.5 Å². The minimum atomic E-state index is -0.528. The van der Waals surface area contributed by atoms with E-state index in [0.717, 1.165) is 21.1 Å². The first-order valence-electron chi connectivity index (χ1n) is 7.53. The molecule has 0 atom stereocenters. The summed E-state index contributed by atoms with van der Waals surface area (Å²) in [5.41, 5.74) is 2.79. The van der Waals surface area contributed by atoms with Crippen molar-refractivity contribution in [1.82, 2.24) is 4.98 Å². The summed E-state index contributed by atoms with van der Waals surface area (Å²) in [6, 6.07) is 14.8. The van der Waals surface area contributed by atoms with Gasteiger partial charge in [-0.3, -0.25) is 0 Å². The molecule has 0 fully saturated rings. The maximum absolute atomic E-state index is 12.2. The highest BCUT2D eigenvalue weighted by molar-refractivity contribution is 7.15. The number of hydrogen-bond donors (Lipinski definition) is 1. The average Bonchev–Trinajstić information content (AvgIpc) is 2.94. The molecular weight excluding hydrogens is 322 g/mol. The molecule has 0 saturated carbocycles. The summed E-state index contributed by atoms with van der Waals surface area (Å²) >= 11 is 1.51. The van der Waals surface area contributed by atoms with E-state index in [2.05, 4.69) is 4.98 Å². The zero-order valence-corrected chi connectivity index (χ0v) is 14.3. The van der Waals surface area contributed by atoms with Crippen LogP contribution in [0.5, 0.6) is 5.75 Å². The number of ether oxygens (including phenoxy) is 1. The van der Waals surface area contributed by atoms with E-state index in [1.54, 1.807) is 19.1 Å². The molecular formula is C19H17NO3S. The first-order valence-corrected chi connectivity index (χ1v) is 8.35. The van der Waals surface area contributed by atoms with Crippen molar-refractivity contribution in [3.63, 3.8) is 0 Å². The third-order valence-corrected chi connectivity index (χ3v) is 4.88. The third-order valence-electron chi connectivity index (χ3n) is 3.70. The zero-order valence-electron chi connectivity index (χ0n) is 13.4. The van der Waals surface area contributed by atoms with Crippen molar-refractivity contribution in [3.05, 3.63) is 70.2 Å². The van der Waals surface area contributed by atoms with Gasteiger partial charge in [-0.2, -0.15) is 0 Å². The van der Waals surface area contributed by atoms with E-state index >= 15 is 0 Å². The summed E-state index contributed by atoms with van der Waals surface area (Å²) in [4.78, 5) is 17.7. The van der Waals surface area contributed by atoms with Crippen molar-refractivity contribution in [2.24, 2.45) is 0 Å². The van der Waals surface area contributed by atoms with Gasteiger partial charge in [0.05, 0.1) is 10.6 Å². The van der Waals surface area contributed by atoms with Gasteiger partial charge in [0.1, 0.15) is 22.9 Å². The summed E-state index contributed by atoms with van der Waals surface area (Å²) in [6.07, 6.45) is 0. The van der Waals surface area contributed by atoms with Crippen LogP contribution in [0.1, 0.15) is 26.5 Å². The molecule has 0 bridgehead atoms. The lowest BCUT2D eigenvalue weighted by Gasteiger charge is -2.08. The van der Waals surface area contributed by atoms with Crippen molar-refractivity contribution in [2.45, 2.75) is 20.5 Å². The van der Waals surface area contributed by atoms with Crippen molar-refractivity contribution in [2.75, 3.05) is 0 Å². The van der Waals surface area contributed by atoms with E-state index in [9.17, 15) is 9.90 Å². The fraction of sp³-hybridized carbons (Fsp3) is 0.158. The summed E-state index contributed by atoms with van der Waals surface area (Å²) in [6.45, 7) is 3.81. The number of aryl methyl sites for hydroxylation is 2. The van der Waals surface area contributed by atoms with Gasteiger partial charge >= 0.3 is 5.97 Å². The van der Waals surface area contributed by atoms with Crippen LogP contribution in [0.25, 0.3) is 10.6 Å². The summed E-state index contributed by atoms with van der Waals surface area (Å²) in [5, 5.41) is 10.8. The Morgan fingerprint density at radius 1 is 1.12 bits per heavy atom. The van der Waals surface area contributed by atoms with Gasteiger partial charge in [0.25, 0.3) is 0 Å². The molecule has 2 aromatic carbocycles. The fourth-order valence-electron chi connectivity index (χ4n) is 2.39. The second kappa shape index (κ2) is 6.84. The molecule has 4 nitrogen and oxygen atoms in total. The molecule has 0 unspecified atom stereocenters. The van der Waals surface area contributed by atoms with E-state index in [0.29, 0.717) is 5.56 Å². The molecule has 0 saturated heterocycles. The molecule has 3 aromatic rings. The monoisotopic (exact) mass is 339 g/mol. The highest BCUT2D eigenvalue weighted by Gasteiger charge is 2.17. The van der Waals surface area contributed by atoms with Crippen LogP contribution < -0.4 is 0 Å². The minimum Gasteiger partial charge on any atom is -0.507 e. The lowest BCUT2D eigenvalue weighted by molar-refractivity contribution is 0.0472. The maximum Gasteiger partial charge on any atom is 0.342 e. The standard InChI is InChI=1S/C19H17NO3S/c1-12-7-6-10-15(21)17(12)19(22)23-11-16-13(2)20-18(24-16)14-8-4-3-5-9-14/h3-10,21H,11H2,1-2H3. The van der Waals surface area contributed by atoms with Crippen LogP contribution in [0, 0.1) is 13.8 Å². The molecule has 0 aliphatic heterocycles. The van der Waals surface area contributed by atoms with E-state index in [1.165, 1.54) is 17.4 Å². The van der Waals surface area contributed by atoms with Gasteiger partial charge in [-0.05, 0) is 25.5 Å². The lowest BCUT2D eigenvalue weighted by atomic mass is 10.1. The molecule has 0 aliphatic rings. The highest BCUT2D eigenvalue weighted by Crippen LogP contribution is 2.29. The van der Waals surface area contributed by atoms with Gasteiger partial charge in [0, 0.05) is 5.56 Å². The number of hydrogen-bond acceptors (Lipinski definition) is 5. The van der Waals surface area contributed by atoms with Crippen molar-refractivity contribution in [3.8, 4) is 16.3 Å². The summed E-state index contributed by atoms with van der Waals surface area (Å²) in [5.74, 6) is -0.592. The molecule has 0 amide bonds. The van der Waals surface area contributed by atoms with Crippen LogP contribution in [0.2, 0.25) is 0 Å². The highest BCUT2D eigenvalue weighted by atomic mass is 32.1. The number of aromatic nitrogens is 1. The second-order valence-electron chi connectivity index (χ2n) is 5.44. The molecule has 0 aliphatic carbocycles. The van der Waals surface area contributed by atoms with E-state index in [1.807, 2.05) is 37.3 Å². The Morgan fingerprint density at radius 2 is 1.88 bits per heavy atom. The Labute approximate surface area is 144 Å². The Bertz CT molecular complexity index is 851. The maximum atomic E-state index is 12.2. The van der Waals surface area contributed by atoms with E-state index < -0.39 is 5.97 Å². The van der Waals surface area contributed by atoms with Crippen LogP contribution >= 0.6 is 11.3 Å². The number of rotatable bonds is 4. The van der Waals surface area contributed by atoms with Crippen LogP contribution in [0.4, 0.5) is 0 Å². The molecule has 24 heavy (non-hydrogen) atoms. The van der Waals surface area contributed by atoms with Gasteiger partial charge in [-0.1, -0.05) is 42.5 Å². The first-order chi connectivity index (χ1) is 11.6. The van der Waals surface area contributed by atoms with Gasteiger partial charge in [-0.25, -0.2) is 9.78 Å². The van der Waals surface area contributed by atoms with Crippen LogP contribution in [-0.4, -0.2) is 16.1 Å². The third kappa shape index (κ3) is 3.31. The topological polar surface area (TPSA) is 59.4 Å². The largest absolute Gasteiger partial charge is 0.507 e. The molecule has 1 aromatic heterocycles. The minimum absolute atomic E-state index is 0.0639. The molecule has 122 valence electrons. The predicted octanol–water partition coefficient (Wildman–Crippen LogP) is 4.49. The Hall–Kier alpha value is -2.66. The quantitative estimate of drug-likeness (QED) is 0.712. The number of esters is 1. The van der Waals surface area contributed by atoms with Gasteiger partial charge < -0.3 is 9.84 Å². The number of thiazole rings is 1.